The van der Waals surface area contributed by atoms with E-state index in [0.717, 1.165) is 12.0 Å². The van der Waals surface area contributed by atoms with Crippen molar-refractivity contribution in [3.63, 3.8) is 0 Å². The van der Waals surface area contributed by atoms with Gasteiger partial charge in [0.1, 0.15) is 12.4 Å². The molecule has 0 radical (unpaired) electrons. The minimum atomic E-state index is -0.291. The molecule has 1 aliphatic heterocycles. The van der Waals surface area contributed by atoms with Crippen LogP contribution < -0.4 is 0 Å². The van der Waals surface area contributed by atoms with Gasteiger partial charge in [-0.05, 0) is 30.0 Å². The SMILES string of the molecule is CCCOCC(=O)N1CCC(=O)N(Cc2ccc(F)cc2)C(C(C)C)C1. The minimum absolute atomic E-state index is 0.0257. The van der Waals surface area contributed by atoms with Gasteiger partial charge < -0.3 is 14.5 Å². The summed E-state index contributed by atoms with van der Waals surface area (Å²) in [6, 6.07) is 6.13. The largest absolute Gasteiger partial charge is 0.372 e. The molecule has 1 fully saturated rings. The summed E-state index contributed by atoms with van der Waals surface area (Å²) in [6.07, 6.45) is 1.16. The summed E-state index contributed by atoms with van der Waals surface area (Å²) in [7, 11) is 0. The van der Waals surface area contributed by atoms with Crippen LogP contribution in [-0.2, 0) is 20.9 Å². The third-order valence-electron chi connectivity index (χ3n) is 4.69. The predicted molar refractivity (Wildman–Crippen MR) is 97.9 cm³/mol. The molecule has 2 rings (SSSR count). The lowest BCUT2D eigenvalue weighted by Gasteiger charge is -2.34. The highest BCUT2D eigenvalue weighted by Crippen LogP contribution is 2.21. The zero-order chi connectivity index (χ0) is 19.1. The molecule has 2 amide bonds. The highest BCUT2D eigenvalue weighted by Gasteiger charge is 2.33. The van der Waals surface area contributed by atoms with Gasteiger partial charge in [0.15, 0.2) is 0 Å². The Morgan fingerprint density at radius 2 is 2.00 bits per heavy atom. The molecule has 1 aliphatic rings. The molecule has 1 heterocycles. The molecule has 26 heavy (non-hydrogen) atoms. The molecule has 6 heteroatoms. The molecular formula is C20H29FN2O3. The summed E-state index contributed by atoms with van der Waals surface area (Å²) in [5.74, 6) is -0.136. The average molecular weight is 364 g/mol. The van der Waals surface area contributed by atoms with E-state index in [2.05, 4.69) is 13.8 Å². The lowest BCUT2D eigenvalue weighted by Crippen LogP contribution is -2.47. The van der Waals surface area contributed by atoms with E-state index in [1.54, 1.807) is 17.0 Å². The molecule has 0 N–H and O–H groups in total. The first kappa shape index (κ1) is 20.4. The van der Waals surface area contributed by atoms with Crippen molar-refractivity contribution in [2.24, 2.45) is 5.92 Å². The fraction of sp³-hybridized carbons (Fsp3) is 0.600. The first-order valence-corrected chi connectivity index (χ1v) is 9.31. The zero-order valence-electron chi connectivity index (χ0n) is 15.9. The number of hydrogen-bond donors (Lipinski definition) is 0. The van der Waals surface area contributed by atoms with E-state index in [-0.39, 0.29) is 36.2 Å². The van der Waals surface area contributed by atoms with E-state index in [9.17, 15) is 14.0 Å². The summed E-state index contributed by atoms with van der Waals surface area (Å²) in [4.78, 5) is 28.7. The summed E-state index contributed by atoms with van der Waals surface area (Å²) < 4.78 is 18.5. The van der Waals surface area contributed by atoms with Gasteiger partial charge in [-0.15, -0.1) is 0 Å². The second-order valence-electron chi connectivity index (χ2n) is 7.10. The van der Waals surface area contributed by atoms with Crippen LogP contribution in [0.5, 0.6) is 0 Å². The number of benzene rings is 1. The quantitative estimate of drug-likeness (QED) is 0.699. The summed E-state index contributed by atoms with van der Waals surface area (Å²) in [5.41, 5.74) is 0.886. The van der Waals surface area contributed by atoms with Crippen LogP contribution >= 0.6 is 0 Å². The minimum Gasteiger partial charge on any atom is -0.372 e. The second-order valence-corrected chi connectivity index (χ2v) is 7.10. The Morgan fingerprint density at radius 1 is 1.31 bits per heavy atom. The number of halogens is 1. The third-order valence-corrected chi connectivity index (χ3v) is 4.69. The van der Waals surface area contributed by atoms with Crippen LogP contribution in [0.15, 0.2) is 24.3 Å². The molecule has 0 aromatic heterocycles. The number of ether oxygens (including phenoxy) is 1. The molecule has 0 spiro atoms. The number of amides is 2. The van der Waals surface area contributed by atoms with Crippen LogP contribution in [0.2, 0.25) is 0 Å². The lowest BCUT2D eigenvalue weighted by atomic mass is 10.0. The number of hydrogen-bond acceptors (Lipinski definition) is 3. The van der Waals surface area contributed by atoms with Crippen molar-refractivity contribution in [1.82, 2.24) is 9.80 Å². The van der Waals surface area contributed by atoms with Crippen LogP contribution in [0.25, 0.3) is 0 Å². The van der Waals surface area contributed by atoms with Gasteiger partial charge in [0.2, 0.25) is 11.8 Å². The topological polar surface area (TPSA) is 49.9 Å². The smallest absolute Gasteiger partial charge is 0.248 e. The summed E-state index contributed by atoms with van der Waals surface area (Å²) in [6.45, 7) is 8.06. The van der Waals surface area contributed by atoms with Gasteiger partial charge in [-0.2, -0.15) is 0 Å². The average Bonchev–Trinajstić information content (AvgIpc) is 2.77. The highest BCUT2D eigenvalue weighted by molar-refractivity contribution is 5.81. The van der Waals surface area contributed by atoms with Gasteiger partial charge in [0.25, 0.3) is 0 Å². The molecule has 1 aromatic rings. The van der Waals surface area contributed by atoms with Gasteiger partial charge in [-0.3, -0.25) is 9.59 Å². The van der Waals surface area contributed by atoms with Crippen LogP contribution in [0, 0.1) is 11.7 Å². The molecule has 1 aromatic carbocycles. The normalized spacial score (nSPS) is 18.3. The fourth-order valence-corrected chi connectivity index (χ4v) is 3.16. The van der Waals surface area contributed by atoms with Crippen LogP contribution in [-0.4, -0.2) is 54.0 Å². The Balaban J connectivity index is 2.11. The summed E-state index contributed by atoms with van der Waals surface area (Å²) >= 11 is 0. The first-order valence-electron chi connectivity index (χ1n) is 9.31. The van der Waals surface area contributed by atoms with Gasteiger partial charge in [0, 0.05) is 32.7 Å². The van der Waals surface area contributed by atoms with Crippen molar-refractivity contribution in [3.05, 3.63) is 35.6 Å². The maximum atomic E-state index is 13.1. The van der Waals surface area contributed by atoms with Crippen molar-refractivity contribution in [2.45, 2.75) is 46.2 Å². The molecule has 1 unspecified atom stereocenters. The molecule has 5 nitrogen and oxygen atoms in total. The second kappa shape index (κ2) is 9.67. The zero-order valence-corrected chi connectivity index (χ0v) is 15.9. The Morgan fingerprint density at radius 3 is 2.62 bits per heavy atom. The van der Waals surface area contributed by atoms with E-state index in [4.69, 9.17) is 4.74 Å². The molecular weight excluding hydrogens is 335 g/mol. The predicted octanol–water partition coefficient (Wildman–Crippen LogP) is 2.84. The van der Waals surface area contributed by atoms with Crippen molar-refractivity contribution in [2.75, 3.05) is 26.3 Å². The monoisotopic (exact) mass is 364 g/mol. The van der Waals surface area contributed by atoms with Gasteiger partial charge in [0.05, 0.1) is 6.04 Å². The molecule has 0 aliphatic carbocycles. The standard InChI is InChI=1S/C20H29FN2O3/c1-4-11-26-14-20(25)22-10-9-19(24)23(18(13-22)15(2)3)12-16-5-7-17(21)8-6-16/h5-8,15,18H,4,9-14H2,1-3H3. The number of rotatable bonds is 7. The maximum Gasteiger partial charge on any atom is 0.248 e. The van der Waals surface area contributed by atoms with Crippen LogP contribution in [0.1, 0.15) is 39.2 Å². The number of carbonyl (C=O) groups excluding carboxylic acids is 2. The Hall–Kier alpha value is -1.95. The lowest BCUT2D eigenvalue weighted by molar-refractivity contribution is -0.137. The van der Waals surface area contributed by atoms with E-state index in [0.29, 0.717) is 32.7 Å². The van der Waals surface area contributed by atoms with Gasteiger partial charge in [-0.1, -0.05) is 32.9 Å². The maximum absolute atomic E-state index is 13.1. The van der Waals surface area contributed by atoms with E-state index in [1.807, 2.05) is 11.8 Å². The third kappa shape index (κ3) is 5.53. The van der Waals surface area contributed by atoms with Crippen LogP contribution in [0.3, 0.4) is 0 Å². The first-order chi connectivity index (χ1) is 12.4. The van der Waals surface area contributed by atoms with E-state index < -0.39 is 0 Å². The Bertz CT molecular complexity index is 604. The van der Waals surface area contributed by atoms with Crippen molar-refractivity contribution in [3.8, 4) is 0 Å². The number of carbonyl (C=O) groups is 2. The molecule has 0 saturated carbocycles. The van der Waals surface area contributed by atoms with Gasteiger partial charge >= 0.3 is 0 Å². The van der Waals surface area contributed by atoms with E-state index in [1.165, 1.54) is 12.1 Å². The highest BCUT2D eigenvalue weighted by atomic mass is 19.1. The Labute approximate surface area is 155 Å². The molecule has 0 bridgehead atoms. The fourth-order valence-electron chi connectivity index (χ4n) is 3.16. The molecule has 1 saturated heterocycles. The molecule has 144 valence electrons. The van der Waals surface area contributed by atoms with Crippen molar-refractivity contribution < 1.29 is 18.7 Å². The summed E-state index contributed by atoms with van der Waals surface area (Å²) in [5, 5.41) is 0. The number of nitrogens with zero attached hydrogens (tertiary/aromatic N) is 2. The van der Waals surface area contributed by atoms with E-state index >= 15 is 0 Å². The van der Waals surface area contributed by atoms with Crippen molar-refractivity contribution in [1.29, 1.82) is 0 Å². The van der Waals surface area contributed by atoms with Crippen molar-refractivity contribution >= 4 is 11.8 Å². The van der Waals surface area contributed by atoms with Crippen LogP contribution in [0.4, 0.5) is 4.39 Å². The Kier molecular flexibility index (Phi) is 7.57. The van der Waals surface area contributed by atoms with Gasteiger partial charge in [-0.25, -0.2) is 4.39 Å². The molecule has 1 atom stereocenters.